The Morgan fingerprint density at radius 1 is 1.00 bits per heavy atom. The molecule has 0 saturated heterocycles. The van der Waals surface area contributed by atoms with Gasteiger partial charge in [0.15, 0.2) is 0 Å². The van der Waals surface area contributed by atoms with Gasteiger partial charge in [-0.1, -0.05) is 33.1 Å². The number of hydrogen-bond acceptors (Lipinski definition) is 3. The predicted molar refractivity (Wildman–Crippen MR) is 87.4 cm³/mol. The van der Waals surface area contributed by atoms with Crippen molar-refractivity contribution in [1.29, 1.82) is 0 Å². The summed E-state index contributed by atoms with van der Waals surface area (Å²) in [6.07, 6.45) is 5.97. The molecule has 0 aromatic rings. The number of nitrogens with one attached hydrogen (secondary N) is 2. The number of hydrogen-bond donors (Lipinski definition) is 2. The van der Waals surface area contributed by atoms with Crippen LogP contribution in [0.15, 0.2) is 0 Å². The summed E-state index contributed by atoms with van der Waals surface area (Å²) in [4.78, 5) is 24.0. The summed E-state index contributed by atoms with van der Waals surface area (Å²) in [6, 6.07) is -0.647. The van der Waals surface area contributed by atoms with E-state index >= 15 is 0 Å². The molecule has 0 aromatic heterocycles. The first-order valence-electron chi connectivity index (χ1n) is 8.54. The topological polar surface area (TPSA) is 67.4 Å². The Kier molecular flexibility index (Phi) is 7.87. The first-order valence-corrected chi connectivity index (χ1v) is 8.54. The average Bonchev–Trinajstić information content (AvgIpc) is 2.52. The van der Waals surface area contributed by atoms with Crippen molar-refractivity contribution >= 4 is 11.8 Å². The molecular formula is C17H32N2O3. The predicted octanol–water partition coefficient (Wildman–Crippen LogP) is 2.25. The first kappa shape index (κ1) is 18.9. The quantitative estimate of drug-likeness (QED) is 0.757. The Morgan fingerprint density at radius 3 is 2.09 bits per heavy atom. The normalized spacial score (nSPS) is 20.3. The summed E-state index contributed by atoms with van der Waals surface area (Å²) in [5.74, 6) is 0.0594. The Labute approximate surface area is 134 Å². The van der Waals surface area contributed by atoms with Gasteiger partial charge >= 0.3 is 0 Å². The van der Waals surface area contributed by atoms with Crippen LogP contribution in [0, 0.1) is 11.8 Å². The van der Waals surface area contributed by atoms with Gasteiger partial charge in [0.25, 0.3) is 0 Å². The molecule has 0 radical (unpaired) electrons. The summed E-state index contributed by atoms with van der Waals surface area (Å²) in [7, 11) is 1.58. The van der Waals surface area contributed by atoms with Crippen molar-refractivity contribution in [2.24, 2.45) is 11.8 Å². The molecule has 3 unspecified atom stereocenters. The summed E-state index contributed by atoms with van der Waals surface area (Å²) in [6.45, 7) is 7.57. The maximum Gasteiger partial charge on any atom is 0.245 e. The molecule has 1 aliphatic rings. The van der Waals surface area contributed by atoms with Crippen LogP contribution in [0.5, 0.6) is 0 Å². The zero-order valence-corrected chi connectivity index (χ0v) is 14.6. The maximum absolute atomic E-state index is 12.1. The van der Waals surface area contributed by atoms with E-state index in [2.05, 4.69) is 17.6 Å². The summed E-state index contributed by atoms with van der Waals surface area (Å²) >= 11 is 0. The van der Waals surface area contributed by atoms with Crippen molar-refractivity contribution in [2.75, 3.05) is 7.05 Å². The van der Waals surface area contributed by atoms with E-state index in [-0.39, 0.29) is 29.9 Å². The van der Waals surface area contributed by atoms with Gasteiger partial charge in [0.2, 0.25) is 11.8 Å². The van der Waals surface area contributed by atoms with Gasteiger partial charge < -0.3 is 15.4 Å². The van der Waals surface area contributed by atoms with E-state index in [1.54, 1.807) is 7.05 Å². The fraction of sp³-hybridized carbons (Fsp3) is 0.882. The third kappa shape index (κ3) is 5.59. The van der Waals surface area contributed by atoms with Gasteiger partial charge in [0, 0.05) is 13.0 Å². The molecule has 0 spiro atoms. The zero-order chi connectivity index (χ0) is 16.7. The highest BCUT2D eigenvalue weighted by molar-refractivity contribution is 5.88. The summed E-state index contributed by atoms with van der Waals surface area (Å²) in [5, 5.41) is 5.41. The zero-order valence-electron chi connectivity index (χ0n) is 14.6. The van der Waals surface area contributed by atoms with Crippen LogP contribution in [0.4, 0.5) is 0 Å². The Morgan fingerprint density at radius 2 is 1.59 bits per heavy atom. The molecule has 0 aliphatic heterocycles. The van der Waals surface area contributed by atoms with Crippen LogP contribution in [0.3, 0.4) is 0 Å². The largest absolute Gasteiger partial charge is 0.373 e. The molecule has 128 valence electrons. The van der Waals surface area contributed by atoms with Gasteiger partial charge in [-0.15, -0.1) is 0 Å². The highest BCUT2D eigenvalue weighted by Crippen LogP contribution is 2.28. The SMILES string of the molecule is CNC(=O)C(NC(=O)C(C)C)C(C)OC(C)C1CCCCC1. The third-order valence-electron chi connectivity index (χ3n) is 4.56. The van der Waals surface area contributed by atoms with E-state index in [9.17, 15) is 9.59 Å². The average molecular weight is 312 g/mol. The highest BCUT2D eigenvalue weighted by Gasteiger charge is 2.30. The van der Waals surface area contributed by atoms with Crippen LogP contribution in [-0.4, -0.2) is 37.1 Å². The molecule has 0 aromatic carbocycles. The lowest BCUT2D eigenvalue weighted by Gasteiger charge is -2.32. The maximum atomic E-state index is 12.1. The van der Waals surface area contributed by atoms with Crippen molar-refractivity contribution in [2.45, 2.75) is 78.0 Å². The monoisotopic (exact) mass is 312 g/mol. The van der Waals surface area contributed by atoms with E-state index in [0.717, 1.165) is 0 Å². The molecule has 0 heterocycles. The standard InChI is InChI=1S/C17H32N2O3/c1-11(2)16(20)19-15(17(21)18-5)13(4)22-12(3)14-9-7-6-8-10-14/h11-15H,6-10H2,1-5H3,(H,18,21)(H,19,20). The molecule has 1 fully saturated rings. The van der Waals surface area contributed by atoms with Gasteiger partial charge in [0.1, 0.15) is 6.04 Å². The van der Waals surface area contributed by atoms with E-state index in [1.807, 2.05) is 20.8 Å². The Hall–Kier alpha value is -1.10. The minimum Gasteiger partial charge on any atom is -0.373 e. The molecule has 2 N–H and O–H groups in total. The minimum absolute atomic E-state index is 0.110. The molecule has 1 rings (SSSR count). The van der Waals surface area contributed by atoms with Crippen LogP contribution in [0.25, 0.3) is 0 Å². The number of carbonyl (C=O) groups is 2. The van der Waals surface area contributed by atoms with Crippen molar-refractivity contribution in [3.05, 3.63) is 0 Å². The van der Waals surface area contributed by atoms with E-state index in [4.69, 9.17) is 4.74 Å². The molecule has 2 amide bonds. The van der Waals surface area contributed by atoms with Crippen LogP contribution in [0.1, 0.15) is 59.8 Å². The minimum atomic E-state index is -0.647. The second kappa shape index (κ2) is 9.13. The van der Waals surface area contributed by atoms with Crippen molar-refractivity contribution in [3.63, 3.8) is 0 Å². The van der Waals surface area contributed by atoms with Crippen molar-refractivity contribution in [3.8, 4) is 0 Å². The first-order chi connectivity index (χ1) is 10.4. The lowest BCUT2D eigenvalue weighted by atomic mass is 9.86. The van der Waals surface area contributed by atoms with E-state index in [0.29, 0.717) is 5.92 Å². The second-order valence-electron chi connectivity index (χ2n) is 6.70. The lowest BCUT2D eigenvalue weighted by Crippen LogP contribution is -2.54. The highest BCUT2D eigenvalue weighted by atomic mass is 16.5. The Balaban J connectivity index is 2.63. The summed E-state index contributed by atoms with van der Waals surface area (Å²) in [5.41, 5.74) is 0. The molecule has 1 saturated carbocycles. The van der Waals surface area contributed by atoms with Crippen LogP contribution in [-0.2, 0) is 14.3 Å². The summed E-state index contributed by atoms with van der Waals surface area (Å²) < 4.78 is 6.08. The molecule has 5 nitrogen and oxygen atoms in total. The fourth-order valence-electron chi connectivity index (χ4n) is 3.00. The smallest absolute Gasteiger partial charge is 0.245 e. The third-order valence-corrected chi connectivity index (χ3v) is 4.56. The Bertz CT molecular complexity index is 365. The number of ether oxygens (including phenoxy) is 1. The van der Waals surface area contributed by atoms with Gasteiger partial charge in [0.05, 0.1) is 12.2 Å². The number of amides is 2. The van der Waals surface area contributed by atoms with Crippen molar-refractivity contribution in [1.82, 2.24) is 10.6 Å². The van der Waals surface area contributed by atoms with Crippen LogP contribution in [0.2, 0.25) is 0 Å². The van der Waals surface area contributed by atoms with E-state index < -0.39 is 6.04 Å². The molecule has 3 atom stereocenters. The van der Waals surface area contributed by atoms with Gasteiger partial charge in [-0.05, 0) is 32.6 Å². The van der Waals surface area contributed by atoms with Crippen LogP contribution >= 0.6 is 0 Å². The van der Waals surface area contributed by atoms with Crippen molar-refractivity contribution < 1.29 is 14.3 Å². The number of carbonyl (C=O) groups excluding carboxylic acids is 2. The molecule has 1 aliphatic carbocycles. The molecule has 0 bridgehead atoms. The van der Waals surface area contributed by atoms with E-state index in [1.165, 1.54) is 32.1 Å². The van der Waals surface area contributed by atoms with Gasteiger partial charge in [-0.2, -0.15) is 0 Å². The van der Waals surface area contributed by atoms with Crippen LogP contribution < -0.4 is 10.6 Å². The molecule has 5 heteroatoms. The lowest BCUT2D eigenvalue weighted by molar-refractivity contribution is -0.136. The number of likely N-dealkylation sites (N-methyl/N-ethyl adjacent to an activating group) is 1. The molecular weight excluding hydrogens is 280 g/mol. The second-order valence-corrected chi connectivity index (χ2v) is 6.70. The molecule has 22 heavy (non-hydrogen) atoms. The fourth-order valence-corrected chi connectivity index (χ4v) is 3.00. The number of rotatable bonds is 7. The van der Waals surface area contributed by atoms with Gasteiger partial charge in [-0.3, -0.25) is 9.59 Å². The van der Waals surface area contributed by atoms with Gasteiger partial charge in [-0.25, -0.2) is 0 Å².